The molecule has 0 aliphatic carbocycles. The van der Waals surface area contributed by atoms with Crippen LogP contribution >= 0.6 is 27.3 Å². The van der Waals surface area contributed by atoms with Gasteiger partial charge in [-0.3, -0.25) is 4.79 Å². The maximum Gasteiger partial charge on any atom is 0.307 e. The summed E-state index contributed by atoms with van der Waals surface area (Å²) < 4.78 is 49.3. The summed E-state index contributed by atoms with van der Waals surface area (Å²) in [6.45, 7) is 0. The molecule has 0 fully saturated rings. The zero-order valence-electron chi connectivity index (χ0n) is 15.2. The molecule has 2 N–H and O–H groups in total. The predicted octanol–water partition coefficient (Wildman–Crippen LogP) is 3.71. The van der Waals surface area contributed by atoms with E-state index in [0.717, 1.165) is 11.3 Å². The van der Waals surface area contributed by atoms with Crippen LogP contribution in [0.25, 0.3) is 10.9 Å². The summed E-state index contributed by atoms with van der Waals surface area (Å²) in [5, 5.41) is 10.0. The molecule has 0 radical (unpaired) electrons. The first kappa shape index (κ1) is 13.6. The van der Waals surface area contributed by atoms with Crippen LogP contribution in [0.3, 0.4) is 0 Å². The number of hydrogen-bond acceptors (Lipinski definition) is 4. The average molecular weight is 431 g/mol. The number of carboxylic acids is 1. The molecule has 3 aromatic rings. The number of aromatic nitrogens is 1. The van der Waals surface area contributed by atoms with E-state index in [-0.39, 0.29) is 28.9 Å². The van der Waals surface area contributed by atoms with Gasteiger partial charge >= 0.3 is 5.97 Å². The summed E-state index contributed by atoms with van der Waals surface area (Å²) in [5.74, 6) is -3.11. The van der Waals surface area contributed by atoms with Gasteiger partial charge in [0.25, 0.3) is 0 Å². The Labute approximate surface area is 155 Å². The van der Waals surface area contributed by atoms with Gasteiger partial charge in [0.15, 0.2) is 9.84 Å². The fourth-order valence-corrected chi connectivity index (χ4v) is 6.04. The van der Waals surface area contributed by atoms with Gasteiger partial charge < -0.3 is 10.1 Å². The molecular weight excluding hydrogens is 414 g/mol. The highest BCUT2D eigenvalue weighted by atomic mass is 79.9. The molecule has 0 aliphatic heterocycles. The Balaban J connectivity index is 1.96. The minimum atomic E-state index is -3.80. The molecule has 5 nitrogen and oxygen atoms in total. The Bertz CT molecular complexity index is 1140. The first-order chi connectivity index (χ1) is 12.6. The van der Waals surface area contributed by atoms with E-state index >= 15 is 0 Å². The number of fused-ring (bicyclic) bond motifs is 1. The Hall–Kier alpha value is -1.64. The molecule has 1 atom stereocenters. The van der Waals surface area contributed by atoms with Crippen molar-refractivity contribution in [1.82, 2.24) is 4.98 Å². The van der Waals surface area contributed by atoms with Crippen LogP contribution in [0, 0.1) is 5.92 Å². The smallest absolute Gasteiger partial charge is 0.307 e. The molecule has 2 aromatic heterocycles. The second-order valence-electron chi connectivity index (χ2n) is 5.21. The number of rotatable bonds is 6. The Morgan fingerprint density at radius 3 is 2.75 bits per heavy atom. The van der Waals surface area contributed by atoms with Crippen molar-refractivity contribution >= 4 is 54.0 Å². The van der Waals surface area contributed by atoms with Crippen LogP contribution in [0.2, 0.25) is 0 Å². The number of sulfone groups is 1. The molecule has 0 spiro atoms. The fourth-order valence-electron chi connectivity index (χ4n) is 2.38. The summed E-state index contributed by atoms with van der Waals surface area (Å²) in [4.78, 5) is 14.5. The summed E-state index contributed by atoms with van der Waals surface area (Å²) >= 11 is 4.21. The van der Waals surface area contributed by atoms with Crippen molar-refractivity contribution in [2.45, 2.75) is 10.6 Å². The number of aliphatic carboxylic acids is 1. The van der Waals surface area contributed by atoms with Gasteiger partial charge in [-0.25, -0.2) is 8.42 Å². The Kier molecular flexibility index (Phi) is 3.80. The summed E-state index contributed by atoms with van der Waals surface area (Å²) in [5.41, 5.74) is 0.777. The molecule has 126 valence electrons. The zero-order valence-corrected chi connectivity index (χ0v) is 15.4. The third kappa shape index (κ3) is 3.55. The van der Waals surface area contributed by atoms with E-state index in [0.29, 0.717) is 20.3 Å². The van der Waals surface area contributed by atoms with Gasteiger partial charge in [-0.15, -0.1) is 11.3 Å². The van der Waals surface area contributed by atoms with Crippen LogP contribution in [0.1, 0.15) is 9.68 Å². The van der Waals surface area contributed by atoms with E-state index in [1.165, 1.54) is 18.2 Å². The van der Waals surface area contributed by atoms with Gasteiger partial charge in [0.1, 0.15) is 4.21 Å². The molecule has 0 bridgehead atoms. The van der Waals surface area contributed by atoms with Crippen LogP contribution in [0.15, 0.2) is 50.5 Å². The van der Waals surface area contributed by atoms with E-state index in [4.69, 9.17) is 4.11 Å². The number of hydrogen-bond donors (Lipinski definition) is 2. The molecule has 1 aromatic carbocycles. The lowest BCUT2D eigenvalue weighted by atomic mass is 10.0. The molecule has 0 amide bonds. The minimum absolute atomic E-state index is 0.0177. The third-order valence-corrected chi connectivity index (χ3v) is 7.58. The van der Waals surface area contributed by atoms with Crippen LogP contribution in [0.5, 0.6) is 0 Å². The second-order valence-corrected chi connectivity index (χ2v) is 9.94. The molecule has 0 unspecified atom stereocenters. The van der Waals surface area contributed by atoms with Crippen molar-refractivity contribution in [2.24, 2.45) is 5.92 Å². The number of H-pyrrole nitrogens is 1. The van der Waals surface area contributed by atoms with E-state index in [9.17, 15) is 18.3 Å². The number of carboxylic acid groups (broad SMARTS) is 1. The molecule has 24 heavy (non-hydrogen) atoms. The van der Waals surface area contributed by atoms with Crippen molar-refractivity contribution in [3.8, 4) is 0 Å². The second kappa shape index (κ2) is 6.70. The van der Waals surface area contributed by atoms with Crippen molar-refractivity contribution < 1.29 is 22.4 Å². The quantitative estimate of drug-likeness (QED) is 0.623. The van der Waals surface area contributed by atoms with Crippen molar-refractivity contribution in [3.63, 3.8) is 0 Å². The number of nitrogens with one attached hydrogen (secondary N) is 1. The summed E-state index contributed by atoms with van der Waals surface area (Å²) in [6.07, 6.45) is -0.214. The molecule has 0 saturated carbocycles. The van der Waals surface area contributed by atoms with Gasteiger partial charge in [-0.2, -0.15) is 0 Å². The summed E-state index contributed by atoms with van der Waals surface area (Å²) in [6, 6.07) is 5.73. The molecule has 0 aliphatic rings. The number of para-hydroxylation sites is 1. The van der Waals surface area contributed by atoms with Crippen LogP contribution in [-0.2, 0) is 21.1 Å². The van der Waals surface area contributed by atoms with Crippen LogP contribution in [-0.4, -0.2) is 30.2 Å². The highest BCUT2D eigenvalue weighted by Gasteiger charge is 2.28. The largest absolute Gasteiger partial charge is 0.481 e. The number of halogens is 1. The maximum absolute atomic E-state index is 12.6. The molecule has 8 heteroatoms. The predicted molar refractivity (Wildman–Crippen MR) is 97.2 cm³/mol. The Morgan fingerprint density at radius 1 is 1.33 bits per heavy atom. The highest BCUT2D eigenvalue weighted by molar-refractivity contribution is 9.11. The number of carbonyl (C=O) groups is 1. The van der Waals surface area contributed by atoms with Crippen LogP contribution < -0.4 is 0 Å². The lowest BCUT2D eigenvalue weighted by molar-refractivity contribution is -0.140. The molecular formula is C16H14BrNO4S2. The molecule has 3 rings (SSSR count). The first-order valence-corrected chi connectivity index (χ1v) is 10.1. The van der Waals surface area contributed by atoms with Gasteiger partial charge in [0, 0.05) is 17.1 Å². The van der Waals surface area contributed by atoms with Crippen molar-refractivity contribution in [1.29, 1.82) is 0 Å². The van der Waals surface area contributed by atoms with Crippen molar-refractivity contribution in [3.05, 3.63) is 51.9 Å². The van der Waals surface area contributed by atoms with Gasteiger partial charge in [-0.1, -0.05) is 18.2 Å². The van der Waals surface area contributed by atoms with E-state index in [1.807, 2.05) is 0 Å². The standard InChI is InChI=1S/C16H14BrNO4S2/c17-14-5-6-15(23-14)24(21,22)9-11(16(19)20)7-10-8-18-13-4-2-1-3-12(10)13/h1-6,8,11,18H,7,9H2,(H,19,20)/t11-/m1/s1/i1D,2D,8D. The number of thiophene rings is 1. The SMILES string of the molecule is [2H]c1cc2[nH]c([2H])c(C[C@H](CS(=O)(=O)c3ccc(Br)s3)C(=O)O)c2cc1[2H]. The lowest BCUT2D eigenvalue weighted by Crippen LogP contribution is -2.25. The fraction of sp³-hybridized carbons (Fsp3) is 0.188. The number of aromatic amines is 1. The van der Waals surface area contributed by atoms with E-state index in [1.54, 1.807) is 6.07 Å². The van der Waals surface area contributed by atoms with Crippen molar-refractivity contribution in [2.75, 3.05) is 5.75 Å². The summed E-state index contributed by atoms with van der Waals surface area (Å²) in [7, 11) is -3.80. The first-order valence-electron chi connectivity index (χ1n) is 8.38. The lowest BCUT2D eigenvalue weighted by Gasteiger charge is -2.11. The maximum atomic E-state index is 12.6. The monoisotopic (exact) mass is 430 g/mol. The van der Waals surface area contributed by atoms with Gasteiger partial charge in [0.2, 0.25) is 0 Å². The topological polar surface area (TPSA) is 87.2 Å². The average Bonchev–Trinajstić information content (AvgIpc) is 3.12. The van der Waals surface area contributed by atoms with Crippen LogP contribution in [0.4, 0.5) is 0 Å². The number of benzene rings is 1. The third-order valence-electron chi connectivity index (χ3n) is 3.56. The molecule has 0 saturated heterocycles. The highest BCUT2D eigenvalue weighted by Crippen LogP contribution is 2.29. The van der Waals surface area contributed by atoms with E-state index in [2.05, 4.69) is 20.9 Å². The van der Waals surface area contributed by atoms with Gasteiger partial charge in [-0.05, 0) is 46.1 Å². The minimum Gasteiger partial charge on any atom is -0.481 e. The van der Waals surface area contributed by atoms with E-state index < -0.39 is 27.5 Å². The van der Waals surface area contributed by atoms with Gasteiger partial charge in [0.05, 0.1) is 19.6 Å². The zero-order chi connectivity index (χ0) is 19.9. The normalized spacial score (nSPS) is 15.0. The molecule has 2 heterocycles. The Morgan fingerprint density at radius 2 is 2.08 bits per heavy atom.